The van der Waals surface area contributed by atoms with Gasteiger partial charge < -0.3 is 5.32 Å². The minimum absolute atomic E-state index is 0.469. The van der Waals surface area contributed by atoms with Crippen molar-refractivity contribution in [1.29, 1.82) is 0 Å². The Balaban J connectivity index is 2.01. The lowest BCUT2D eigenvalue weighted by Crippen LogP contribution is -2.36. The maximum atomic E-state index is 4.47. The van der Waals surface area contributed by atoms with Gasteiger partial charge in [0.05, 0.1) is 0 Å². The average Bonchev–Trinajstić information content (AvgIpc) is 3.03. The molecular weight excluding hydrogens is 264 g/mol. The van der Waals surface area contributed by atoms with Crippen LogP contribution in [0.5, 0.6) is 0 Å². The highest BCUT2D eigenvalue weighted by atomic mass is 79.9. The Morgan fingerprint density at radius 1 is 1.50 bits per heavy atom. The van der Waals surface area contributed by atoms with E-state index in [0.29, 0.717) is 11.5 Å². The largest absolute Gasteiger partial charge is 0.314 e. The van der Waals surface area contributed by atoms with Crippen LogP contribution < -0.4 is 5.32 Å². The van der Waals surface area contributed by atoms with Gasteiger partial charge in [-0.25, -0.2) is 0 Å². The molecule has 1 aliphatic rings. The van der Waals surface area contributed by atoms with E-state index in [0.717, 1.165) is 17.4 Å². The molecule has 2 rings (SSSR count). The van der Waals surface area contributed by atoms with Crippen molar-refractivity contribution in [1.82, 2.24) is 10.3 Å². The maximum absolute atomic E-state index is 4.47. The number of hydrogen-bond acceptors (Lipinski definition) is 2. The van der Waals surface area contributed by atoms with Crippen LogP contribution in [0.25, 0.3) is 0 Å². The first-order valence-corrected chi connectivity index (χ1v) is 6.79. The number of aromatic nitrogens is 1. The summed E-state index contributed by atoms with van der Waals surface area (Å²) in [6.45, 7) is 5.52. The molecule has 0 radical (unpaired) electrons. The maximum Gasteiger partial charge on any atom is 0.0413 e. The summed E-state index contributed by atoms with van der Waals surface area (Å²) in [6, 6.07) is 4.81. The van der Waals surface area contributed by atoms with E-state index >= 15 is 0 Å². The van der Waals surface area contributed by atoms with E-state index in [9.17, 15) is 0 Å². The second-order valence-electron chi connectivity index (χ2n) is 4.79. The van der Waals surface area contributed by atoms with Gasteiger partial charge in [-0.15, -0.1) is 0 Å². The highest BCUT2D eigenvalue weighted by molar-refractivity contribution is 9.10. The minimum Gasteiger partial charge on any atom is -0.314 e. The van der Waals surface area contributed by atoms with Gasteiger partial charge in [0.15, 0.2) is 0 Å². The second kappa shape index (κ2) is 4.84. The van der Waals surface area contributed by atoms with E-state index in [1.165, 1.54) is 18.5 Å². The van der Waals surface area contributed by atoms with Crippen LogP contribution >= 0.6 is 15.9 Å². The van der Waals surface area contributed by atoms with E-state index in [4.69, 9.17) is 0 Å². The van der Waals surface area contributed by atoms with Crippen LogP contribution in [0.1, 0.15) is 32.4 Å². The van der Waals surface area contributed by atoms with Gasteiger partial charge in [-0.2, -0.15) is 0 Å². The summed E-state index contributed by atoms with van der Waals surface area (Å²) >= 11 is 3.42. The lowest BCUT2D eigenvalue weighted by Gasteiger charge is -2.23. The van der Waals surface area contributed by atoms with Crippen molar-refractivity contribution < 1.29 is 0 Å². The first-order chi connectivity index (χ1) is 7.66. The fourth-order valence-corrected chi connectivity index (χ4v) is 2.55. The third-order valence-electron chi connectivity index (χ3n) is 3.64. The average molecular weight is 283 g/mol. The molecule has 3 heteroatoms. The highest BCUT2D eigenvalue weighted by Crippen LogP contribution is 2.51. The Hall–Kier alpha value is -0.410. The predicted octanol–water partition coefficient (Wildman–Crippen LogP) is 3.16. The molecule has 0 aliphatic heterocycles. The molecule has 1 atom stereocenters. The number of hydrogen-bond donors (Lipinski definition) is 1. The summed E-state index contributed by atoms with van der Waals surface area (Å²) in [4.78, 5) is 4.47. The molecular formula is C13H19BrN2. The van der Waals surface area contributed by atoms with Gasteiger partial charge >= 0.3 is 0 Å². The first kappa shape index (κ1) is 12.1. The second-order valence-corrected chi connectivity index (χ2v) is 5.70. The minimum atomic E-state index is 0.469. The fraction of sp³-hybridized carbons (Fsp3) is 0.615. The van der Waals surface area contributed by atoms with Gasteiger partial charge in [0.2, 0.25) is 0 Å². The number of rotatable bonds is 5. The van der Waals surface area contributed by atoms with Crippen molar-refractivity contribution in [3.05, 3.63) is 28.5 Å². The molecule has 1 heterocycles. The normalized spacial score (nSPS) is 19.4. The van der Waals surface area contributed by atoms with E-state index in [1.54, 1.807) is 0 Å². The standard InChI is InChI=1S/C13H19BrN2/c1-3-15-10(2)13(6-7-13)8-12-5-4-11(14)9-16-12/h4-5,9-10,15H,3,6-8H2,1-2H3. The van der Waals surface area contributed by atoms with Crippen molar-refractivity contribution in [3.63, 3.8) is 0 Å². The summed E-state index contributed by atoms with van der Waals surface area (Å²) in [5.74, 6) is 0. The Morgan fingerprint density at radius 2 is 2.25 bits per heavy atom. The topological polar surface area (TPSA) is 24.9 Å². The Labute approximate surface area is 106 Å². The molecule has 0 amide bonds. The quantitative estimate of drug-likeness (QED) is 0.897. The molecule has 2 nitrogen and oxygen atoms in total. The summed E-state index contributed by atoms with van der Waals surface area (Å²) in [6.07, 6.45) is 5.66. The molecule has 1 fully saturated rings. The molecule has 0 saturated heterocycles. The van der Waals surface area contributed by atoms with E-state index < -0.39 is 0 Å². The third-order valence-corrected chi connectivity index (χ3v) is 4.11. The molecule has 1 unspecified atom stereocenters. The lowest BCUT2D eigenvalue weighted by molar-refractivity contribution is 0.353. The number of halogens is 1. The van der Waals surface area contributed by atoms with Crippen LogP contribution in [0, 0.1) is 5.41 Å². The van der Waals surface area contributed by atoms with Gasteiger partial charge in [-0.05, 0) is 66.2 Å². The van der Waals surface area contributed by atoms with Gasteiger partial charge in [-0.1, -0.05) is 6.92 Å². The van der Waals surface area contributed by atoms with Crippen LogP contribution in [0.4, 0.5) is 0 Å². The highest BCUT2D eigenvalue weighted by Gasteiger charge is 2.47. The Morgan fingerprint density at radius 3 is 2.75 bits per heavy atom. The van der Waals surface area contributed by atoms with Crippen LogP contribution in [-0.2, 0) is 6.42 Å². The van der Waals surface area contributed by atoms with Gasteiger partial charge in [-0.3, -0.25) is 4.98 Å². The zero-order valence-corrected chi connectivity index (χ0v) is 11.5. The summed E-state index contributed by atoms with van der Waals surface area (Å²) in [5.41, 5.74) is 1.68. The Kier molecular flexibility index (Phi) is 3.65. The van der Waals surface area contributed by atoms with Crippen LogP contribution in [-0.4, -0.2) is 17.6 Å². The van der Waals surface area contributed by atoms with Gasteiger partial charge in [0, 0.05) is 22.4 Å². The molecule has 88 valence electrons. The SMILES string of the molecule is CCNC(C)C1(Cc2ccc(Br)cn2)CC1. The van der Waals surface area contributed by atoms with Gasteiger partial charge in [0.1, 0.15) is 0 Å². The molecule has 1 aliphatic carbocycles. The van der Waals surface area contributed by atoms with E-state index in [-0.39, 0.29) is 0 Å². The molecule has 1 aromatic rings. The summed E-state index contributed by atoms with van der Waals surface area (Å²) < 4.78 is 1.06. The summed E-state index contributed by atoms with van der Waals surface area (Å²) in [7, 11) is 0. The number of nitrogens with one attached hydrogen (secondary N) is 1. The molecule has 0 spiro atoms. The van der Waals surface area contributed by atoms with Crippen molar-refractivity contribution in [2.75, 3.05) is 6.54 Å². The zero-order valence-electron chi connectivity index (χ0n) is 9.96. The monoisotopic (exact) mass is 282 g/mol. The number of pyridine rings is 1. The molecule has 16 heavy (non-hydrogen) atoms. The zero-order chi connectivity index (χ0) is 11.6. The molecule has 0 aromatic carbocycles. The lowest BCUT2D eigenvalue weighted by atomic mass is 9.92. The van der Waals surface area contributed by atoms with Crippen molar-refractivity contribution in [2.24, 2.45) is 5.41 Å². The van der Waals surface area contributed by atoms with E-state index in [1.807, 2.05) is 6.20 Å². The van der Waals surface area contributed by atoms with Crippen molar-refractivity contribution in [2.45, 2.75) is 39.2 Å². The number of nitrogens with zero attached hydrogens (tertiary/aromatic N) is 1. The van der Waals surface area contributed by atoms with Crippen LogP contribution in [0.15, 0.2) is 22.8 Å². The van der Waals surface area contributed by atoms with Crippen LogP contribution in [0.3, 0.4) is 0 Å². The van der Waals surface area contributed by atoms with Crippen molar-refractivity contribution in [3.8, 4) is 0 Å². The molecule has 1 saturated carbocycles. The van der Waals surface area contributed by atoms with Crippen molar-refractivity contribution >= 4 is 15.9 Å². The third kappa shape index (κ3) is 2.64. The van der Waals surface area contributed by atoms with Gasteiger partial charge in [0.25, 0.3) is 0 Å². The fourth-order valence-electron chi connectivity index (χ4n) is 2.32. The smallest absolute Gasteiger partial charge is 0.0413 e. The van der Waals surface area contributed by atoms with Crippen LogP contribution in [0.2, 0.25) is 0 Å². The first-order valence-electron chi connectivity index (χ1n) is 6.00. The molecule has 1 N–H and O–H groups in total. The summed E-state index contributed by atoms with van der Waals surface area (Å²) in [5, 5.41) is 3.54. The van der Waals surface area contributed by atoms with E-state index in [2.05, 4.69) is 52.2 Å². The molecule has 1 aromatic heterocycles. The molecule has 0 bridgehead atoms. The Bertz CT molecular complexity index is 343. The predicted molar refractivity (Wildman–Crippen MR) is 70.4 cm³/mol.